The number of hydrogen-bond acceptors (Lipinski definition) is 7. The van der Waals surface area contributed by atoms with Gasteiger partial charge in [-0.05, 0) is 45.4 Å². The Morgan fingerprint density at radius 2 is 1.53 bits per heavy atom. The van der Waals surface area contributed by atoms with Gasteiger partial charge in [-0.2, -0.15) is 4.31 Å². The van der Waals surface area contributed by atoms with Crippen LogP contribution in [0.2, 0.25) is 5.15 Å². The van der Waals surface area contributed by atoms with E-state index in [0.717, 1.165) is 56.9 Å². The molecule has 0 radical (unpaired) electrons. The van der Waals surface area contributed by atoms with Crippen LogP contribution in [0.15, 0.2) is 6.33 Å². The molecule has 5 rings (SSSR count). The maximum Gasteiger partial charge on any atom is 0.235 e. The SMILES string of the molecule is Cc1c(Cl)ncnc1OC1C[C@@H]2CC[C@@H](C1)N2S(=O)(=O)C1CC1.O=S(=O)(Cl)C1CC1. The van der Waals surface area contributed by atoms with Crippen molar-refractivity contribution in [3.63, 3.8) is 0 Å². The van der Waals surface area contributed by atoms with Crippen LogP contribution in [-0.4, -0.2) is 59.8 Å². The maximum absolute atomic E-state index is 12.6. The zero-order valence-corrected chi connectivity index (χ0v) is 19.7. The molecule has 2 aliphatic heterocycles. The molecule has 2 atom stereocenters. The average molecular weight is 498 g/mol. The van der Waals surface area contributed by atoms with Crippen molar-refractivity contribution in [2.75, 3.05) is 0 Å². The van der Waals surface area contributed by atoms with E-state index in [1.807, 2.05) is 6.92 Å². The zero-order chi connectivity index (χ0) is 21.7. The van der Waals surface area contributed by atoms with Gasteiger partial charge >= 0.3 is 0 Å². The number of nitrogens with zero attached hydrogens (tertiary/aromatic N) is 3. The number of ether oxygens (including phenoxy) is 1. The molecule has 2 saturated heterocycles. The van der Waals surface area contributed by atoms with E-state index in [4.69, 9.17) is 27.0 Å². The number of piperidine rings is 1. The van der Waals surface area contributed by atoms with Crippen LogP contribution in [0, 0.1) is 6.92 Å². The number of hydrogen-bond donors (Lipinski definition) is 0. The second-order valence-electron chi connectivity index (χ2n) is 8.44. The van der Waals surface area contributed by atoms with Crippen molar-refractivity contribution in [1.29, 1.82) is 0 Å². The van der Waals surface area contributed by atoms with E-state index in [1.54, 1.807) is 4.31 Å². The fourth-order valence-electron chi connectivity index (χ4n) is 4.17. The summed E-state index contributed by atoms with van der Waals surface area (Å²) in [6, 6.07) is 0.143. The summed E-state index contributed by atoms with van der Waals surface area (Å²) in [6.45, 7) is 1.83. The monoisotopic (exact) mass is 497 g/mol. The Kier molecular flexibility index (Phi) is 6.26. The van der Waals surface area contributed by atoms with Gasteiger partial charge in [0.1, 0.15) is 17.6 Å². The number of rotatable bonds is 5. The quantitative estimate of drug-likeness (QED) is 0.454. The lowest BCUT2D eigenvalue weighted by molar-refractivity contribution is 0.0909. The highest BCUT2D eigenvalue weighted by molar-refractivity contribution is 8.14. The van der Waals surface area contributed by atoms with Crippen LogP contribution in [0.5, 0.6) is 5.88 Å². The third kappa shape index (κ3) is 4.87. The van der Waals surface area contributed by atoms with Crippen LogP contribution in [0.3, 0.4) is 0 Å². The van der Waals surface area contributed by atoms with Crippen molar-refractivity contribution in [2.45, 2.75) is 87.0 Å². The first kappa shape index (κ1) is 22.5. The third-order valence-electron chi connectivity index (χ3n) is 6.04. The van der Waals surface area contributed by atoms with E-state index < -0.39 is 19.1 Å². The van der Waals surface area contributed by atoms with Gasteiger partial charge in [-0.3, -0.25) is 0 Å². The summed E-state index contributed by atoms with van der Waals surface area (Å²) < 4.78 is 53.4. The van der Waals surface area contributed by atoms with E-state index in [1.165, 1.54) is 6.33 Å². The normalized spacial score (nSPS) is 29.2. The van der Waals surface area contributed by atoms with Gasteiger partial charge in [0.05, 0.1) is 10.5 Å². The second kappa shape index (κ2) is 8.35. The number of sulfonamides is 1. The largest absolute Gasteiger partial charge is 0.474 e. The zero-order valence-electron chi connectivity index (χ0n) is 16.6. The van der Waals surface area contributed by atoms with Crippen LogP contribution >= 0.6 is 22.3 Å². The molecule has 1 aromatic heterocycles. The highest BCUT2D eigenvalue weighted by Crippen LogP contribution is 2.43. The van der Waals surface area contributed by atoms with E-state index in [0.29, 0.717) is 11.0 Å². The summed E-state index contributed by atoms with van der Waals surface area (Å²) in [6.07, 6.45) is 7.84. The summed E-state index contributed by atoms with van der Waals surface area (Å²) in [4.78, 5) is 8.09. The van der Waals surface area contributed by atoms with Gasteiger partial charge in [-0.1, -0.05) is 11.6 Å². The first-order valence-corrected chi connectivity index (χ1v) is 14.4. The van der Waals surface area contributed by atoms with Gasteiger partial charge in [-0.25, -0.2) is 26.8 Å². The Morgan fingerprint density at radius 3 is 2.00 bits per heavy atom. The van der Waals surface area contributed by atoms with Gasteiger partial charge in [0.2, 0.25) is 25.0 Å². The molecule has 0 aromatic carbocycles. The standard InChI is InChI=1S/C15H20ClN3O3S.C3H5ClO2S/c1-9-14(16)17-8-18-15(9)22-12-6-10-2-3-11(7-12)19(10)23(20,21)13-4-5-13;4-7(5,6)3-1-2-3/h8,10-13H,2-7H2,1H3;3H,1-2H2/t10-,11-;/m0./s1. The Bertz CT molecular complexity index is 999. The first-order chi connectivity index (χ1) is 14.1. The van der Waals surface area contributed by atoms with Crippen molar-refractivity contribution in [1.82, 2.24) is 14.3 Å². The molecule has 4 fully saturated rings. The Balaban J connectivity index is 0.000000265. The van der Waals surface area contributed by atoms with Crippen molar-refractivity contribution in [2.24, 2.45) is 0 Å². The van der Waals surface area contributed by atoms with Crippen LogP contribution in [-0.2, 0) is 19.1 Å². The van der Waals surface area contributed by atoms with Crippen molar-refractivity contribution >= 4 is 41.4 Å². The van der Waals surface area contributed by atoms with Crippen LogP contribution < -0.4 is 4.74 Å². The molecule has 168 valence electrons. The molecule has 4 aliphatic rings. The van der Waals surface area contributed by atoms with E-state index in [9.17, 15) is 16.8 Å². The molecule has 0 unspecified atom stereocenters. The molecule has 2 saturated carbocycles. The minimum absolute atomic E-state index is 0.0113. The molecule has 30 heavy (non-hydrogen) atoms. The summed E-state index contributed by atoms with van der Waals surface area (Å²) in [7, 11) is -1.36. The highest BCUT2D eigenvalue weighted by Gasteiger charge is 2.52. The third-order valence-corrected chi connectivity index (χ3v) is 10.9. The fourth-order valence-corrected chi connectivity index (χ4v) is 7.82. The molecule has 2 aliphatic carbocycles. The molecule has 2 bridgehead atoms. The lowest BCUT2D eigenvalue weighted by Crippen LogP contribution is -2.50. The minimum atomic E-state index is -3.16. The van der Waals surface area contributed by atoms with Crippen molar-refractivity contribution < 1.29 is 21.6 Å². The summed E-state index contributed by atoms with van der Waals surface area (Å²) in [5.41, 5.74) is 0.731. The van der Waals surface area contributed by atoms with Gasteiger partial charge in [-0.15, -0.1) is 0 Å². The Morgan fingerprint density at radius 1 is 0.967 bits per heavy atom. The molecule has 0 amide bonds. The van der Waals surface area contributed by atoms with E-state index >= 15 is 0 Å². The van der Waals surface area contributed by atoms with Gasteiger partial charge in [0.25, 0.3) is 0 Å². The molecule has 0 spiro atoms. The predicted octanol–water partition coefficient (Wildman–Crippen LogP) is 3.02. The topological polar surface area (TPSA) is 107 Å². The summed E-state index contributed by atoms with van der Waals surface area (Å²) in [5.74, 6) is 0.507. The lowest BCUT2D eigenvalue weighted by atomic mass is 10.0. The summed E-state index contributed by atoms with van der Waals surface area (Å²) >= 11 is 6.01. The molecular weight excluding hydrogens is 473 g/mol. The summed E-state index contributed by atoms with van der Waals surface area (Å²) in [5, 5.41) is 0.0480. The first-order valence-electron chi connectivity index (χ1n) is 10.2. The smallest absolute Gasteiger partial charge is 0.235 e. The number of aromatic nitrogens is 2. The minimum Gasteiger partial charge on any atom is -0.474 e. The van der Waals surface area contributed by atoms with E-state index in [2.05, 4.69) is 9.97 Å². The van der Waals surface area contributed by atoms with Crippen molar-refractivity contribution in [3.05, 3.63) is 17.0 Å². The Hall–Kier alpha value is -0.680. The molecular formula is C18H25Cl2N3O5S2. The molecule has 12 heteroatoms. The van der Waals surface area contributed by atoms with E-state index in [-0.39, 0.29) is 28.7 Å². The molecule has 8 nitrogen and oxygen atoms in total. The van der Waals surface area contributed by atoms with Gasteiger partial charge in [0, 0.05) is 41.2 Å². The highest BCUT2D eigenvalue weighted by atomic mass is 35.7. The van der Waals surface area contributed by atoms with Crippen LogP contribution in [0.4, 0.5) is 0 Å². The van der Waals surface area contributed by atoms with Gasteiger partial charge < -0.3 is 4.74 Å². The number of fused-ring (bicyclic) bond motifs is 2. The fraction of sp³-hybridized carbons (Fsp3) is 0.778. The van der Waals surface area contributed by atoms with Crippen LogP contribution in [0.1, 0.15) is 56.9 Å². The molecule has 0 N–H and O–H groups in total. The molecule has 3 heterocycles. The van der Waals surface area contributed by atoms with Gasteiger partial charge in [0.15, 0.2) is 0 Å². The second-order valence-corrected chi connectivity index (χ2v) is 13.8. The number of halogens is 2. The average Bonchev–Trinajstić information content (AvgIpc) is 3.55. The Labute approximate surface area is 186 Å². The maximum atomic E-state index is 12.6. The molecule has 1 aromatic rings. The lowest BCUT2D eigenvalue weighted by Gasteiger charge is -2.37. The van der Waals surface area contributed by atoms with Crippen molar-refractivity contribution in [3.8, 4) is 5.88 Å². The van der Waals surface area contributed by atoms with Crippen LogP contribution in [0.25, 0.3) is 0 Å². The predicted molar refractivity (Wildman–Crippen MR) is 114 cm³/mol.